The van der Waals surface area contributed by atoms with Gasteiger partial charge in [-0.05, 0) is 12.8 Å². The van der Waals surface area contributed by atoms with Gasteiger partial charge in [0.15, 0.2) is 0 Å². The van der Waals surface area contributed by atoms with Crippen LogP contribution < -0.4 is 0 Å². The van der Waals surface area contributed by atoms with Gasteiger partial charge in [0.1, 0.15) is 11.2 Å². The molecule has 0 spiro atoms. The second-order valence-electron chi connectivity index (χ2n) is 3.76. The van der Waals surface area contributed by atoms with E-state index in [1.807, 2.05) is 0 Å². The summed E-state index contributed by atoms with van der Waals surface area (Å²) in [6.07, 6.45) is 0.799. The van der Waals surface area contributed by atoms with Crippen molar-refractivity contribution in [2.24, 2.45) is 0 Å². The fourth-order valence-corrected chi connectivity index (χ4v) is 2.07. The Morgan fingerprint density at radius 1 is 1.17 bits per heavy atom. The quantitative estimate of drug-likeness (QED) is 0.358. The Balaban J connectivity index is 2.32. The fourth-order valence-electron chi connectivity index (χ4n) is 2.07. The molecule has 2 bridgehead atoms. The van der Waals surface area contributed by atoms with Crippen LogP contribution in [0, 0.1) is 0 Å². The fraction of sp³-hybridized carbons (Fsp3) is 1.00. The lowest BCUT2D eigenvalue weighted by atomic mass is 10.0. The molecule has 0 amide bonds. The minimum Gasteiger partial charge on any atom is -0.393 e. The molecule has 2 unspecified atom stereocenters. The molecule has 5 heteroatoms. The molecule has 12 heavy (non-hydrogen) atoms. The molecule has 0 aromatic rings. The summed E-state index contributed by atoms with van der Waals surface area (Å²) in [5.74, 6) is -2.49. The first-order valence-electron chi connectivity index (χ1n) is 3.91. The lowest BCUT2D eigenvalue weighted by molar-refractivity contribution is -0.408. The molecule has 2 atom stereocenters. The molecule has 0 radical (unpaired) electrons. The highest BCUT2D eigenvalue weighted by Gasteiger charge is 2.68. The van der Waals surface area contributed by atoms with Crippen molar-refractivity contribution in [3.05, 3.63) is 0 Å². The molecule has 5 nitrogen and oxygen atoms in total. The van der Waals surface area contributed by atoms with Crippen LogP contribution in [-0.2, 0) is 4.74 Å². The van der Waals surface area contributed by atoms with E-state index in [0.717, 1.165) is 0 Å². The lowest BCUT2D eigenvalue weighted by Gasteiger charge is -2.35. The zero-order chi connectivity index (χ0) is 9.04. The minimum atomic E-state index is -2.49. The van der Waals surface area contributed by atoms with Crippen molar-refractivity contribution in [3.63, 3.8) is 0 Å². The van der Waals surface area contributed by atoms with Gasteiger partial charge >= 0.3 is 5.97 Å². The maximum absolute atomic E-state index is 9.63. The maximum Gasteiger partial charge on any atom is 0.309 e. The van der Waals surface area contributed by atoms with Crippen molar-refractivity contribution in [3.8, 4) is 0 Å². The predicted octanol–water partition coefficient (Wildman–Crippen LogP) is -1.70. The normalized spacial score (nSPS) is 50.0. The molecule has 0 aromatic carbocycles. The lowest BCUT2D eigenvalue weighted by Crippen LogP contribution is -2.53. The van der Waals surface area contributed by atoms with Crippen molar-refractivity contribution >= 4 is 0 Å². The topological polar surface area (TPSA) is 90.2 Å². The smallest absolute Gasteiger partial charge is 0.309 e. The summed E-state index contributed by atoms with van der Waals surface area (Å²) in [6.45, 7) is -0.293. The van der Waals surface area contributed by atoms with Gasteiger partial charge in [0.05, 0.1) is 6.61 Å². The van der Waals surface area contributed by atoms with Gasteiger partial charge < -0.3 is 25.2 Å². The molecular formula is C7H12O5. The van der Waals surface area contributed by atoms with E-state index < -0.39 is 17.2 Å². The Morgan fingerprint density at radius 3 is 2.08 bits per heavy atom. The Kier molecular flexibility index (Phi) is 1.40. The number of fused-ring (bicyclic) bond motifs is 2. The van der Waals surface area contributed by atoms with Crippen LogP contribution >= 0.6 is 0 Å². The van der Waals surface area contributed by atoms with Crippen LogP contribution in [-0.4, -0.2) is 44.2 Å². The van der Waals surface area contributed by atoms with Crippen LogP contribution in [0.4, 0.5) is 0 Å². The highest BCUT2D eigenvalue weighted by molar-refractivity contribution is 5.10. The van der Waals surface area contributed by atoms with Gasteiger partial charge in [-0.1, -0.05) is 0 Å². The van der Waals surface area contributed by atoms with E-state index in [4.69, 9.17) is 9.84 Å². The highest BCUT2D eigenvalue weighted by atomic mass is 16.8. The summed E-state index contributed by atoms with van der Waals surface area (Å²) in [6, 6.07) is 0. The molecule has 4 N–H and O–H groups in total. The molecule has 70 valence electrons. The van der Waals surface area contributed by atoms with Crippen LogP contribution in [0.2, 0.25) is 0 Å². The second kappa shape index (κ2) is 2.00. The molecule has 1 saturated carbocycles. The van der Waals surface area contributed by atoms with Gasteiger partial charge in [0.25, 0.3) is 0 Å². The number of ether oxygens (including phenoxy) is 1. The highest BCUT2D eigenvalue weighted by Crippen LogP contribution is 2.53. The Hall–Kier alpha value is -0.200. The van der Waals surface area contributed by atoms with Crippen molar-refractivity contribution in [1.82, 2.24) is 0 Å². The maximum atomic E-state index is 9.63. The molecule has 1 saturated heterocycles. The van der Waals surface area contributed by atoms with Gasteiger partial charge in [-0.2, -0.15) is 0 Å². The molecule has 2 rings (SSSR count). The summed E-state index contributed by atoms with van der Waals surface area (Å²) >= 11 is 0. The third kappa shape index (κ3) is 0.800. The number of rotatable bonds is 1. The van der Waals surface area contributed by atoms with Crippen molar-refractivity contribution in [2.45, 2.75) is 36.4 Å². The molecule has 2 fully saturated rings. The molecular weight excluding hydrogens is 164 g/mol. The molecule has 1 heterocycles. The van der Waals surface area contributed by atoms with E-state index in [1.165, 1.54) is 0 Å². The number of aliphatic hydroxyl groups excluding tert-OH is 1. The van der Waals surface area contributed by atoms with E-state index in [2.05, 4.69) is 0 Å². The largest absolute Gasteiger partial charge is 0.393 e. The molecule has 0 aromatic heterocycles. The van der Waals surface area contributed by atoms with Crippen LogP contribution in [0.5, 0.6) is 0 Å². The molecule has 1 aliphatic carbocycles. The van der Waals surface area contributed by atoms with E-state index in [9.17, 15) is 15.3 Å². The summed E-state index contributed by atoms with van der Waals surface area (Å²) in [4.78, 5) is 0. The van der Waals surface area contributed by atoms with Gasteiger partial charge in [-0.25, -0.2) is 0 Å². The van der Waals surface area contributed by atoms with Gasteiger partial charge in [-0.15, -0.1) is 0 Å². The van der Waals surface area contributed by atoms with Crippen molar-refractivity contribution < 1.29 is 25.2 Å². The summed E-state index contributed by atoms with van der Waals surface area (Å²) in [5.41, 5.74) is -2.55. The Morgan fingerprint density at radius 2 is 1.83 bits per heavy atom. The Labute approximate surface area is 69.2 Å². The van der Waals surface area contributed by atoms with E-state index >= 15 is 0 Å². The van der Waals surface area contributed by atoms with Crippen LogP contribution in [0.3, 0.4) is 0 Å². The second-order valence-corrected chi connectivity index (χ2v) is 3.76. The zero-order valence-corrected chi connectivity index (χ0v) is 6.53. The number of aliphatic hydroxyl groups is 4. The molecule has 2 aliphatic rings. The predicted molar refractivity (Wildman–Crippen MR) is 36.9 cm³/mol. The van der Waals surface area contributed by atoms with E-state index in [-0.39, 0.29) is 19.4 Å². The minimum absolute atomic E-state index is 0.0868. The van der Waals surface area contributed by atoms with E-state index in [0.29, 0.717) is 6.42 Å². The standard InChI is InChI=1S/C7H12O5/c8-4-5-1-2-6(9,3-5)7(10,11)12-5/h8-11H,1-4H2. The van der Waals surface area contributed by atoms with Crippen molar-refractivity contribution in [2.75, 3.05) is 6.61 Å². The number of hydrogen-bond acceptors (Lipinski definition) is 5. The van der Waals surface area contributed by atoms with Crippen LogP contribution in [0.25, 0.3) is 0 Å². The first kappa shape index (κ1) is 8.40. The van der Waals surface area contributed by atoms with E-state index in [1.54, 1.807) is 0 Å². The monoisotopic (exact) mass is 176 g/mol. The third-order valence-electron chi connectivity index (χ3n) is 2.86. The first-order chi connectivity index (χ1) is 5.43. The van der Waals surface area contributed by atoms with Gasteiger partial charge in [0, 0.05) is 6.42 Å². The van der Waals surface area contributed by atoms with Gasteiger partial charge in [-0.3, -0.25) is 0 Å². The third-order valence-corrected chi connectivity index (χ3v) is 2.86. The van der Waals surface area contributed by atoms with Crippen molar-refractivity contribution in [1.29, 1.82) is 0 Å². The van der Waals surface area contributed by atoms with Crippen LogP contribution in [0.15, 0.2) is 0 Å². The summed E-state index contributed by atoms with van der Waals surface area (Å²) < 4.78 is 4.80. The molecule has 1 aliphatic heterocycles. The van der Waals surface area contributed by atoms with Crippen LogP contribution in [0.1, 0.15) is 19.3 Å². The average molecular weight is 176 g/mol. The number of hydrogen-bond donors (Lipinski definition) is 4. The SMILES string of the molecule is OCC12CCC(O)(C1)C(O)(O)O2. The Bertz CT molecular complexity index is 212. The van der Waals surface area contributed by atoms with Gasteiger partial charge in [0.2, 0.25) is 0 Å². The first-order valence-corrected chi connectivity index (χ1v) is 3.91. The summed E-state index contributed by atoms with van der Waals surface area (Å²) in [5, 5.41) is 37.0. The zero-order valence-electron chi connectivity index (χ0n) is 6.53. The summed E-state index contributed by atoms with van der Waals surface area (Å²) in [7, 11) is 0. The average Bonchev–Trinajstić information content (AvgIpc) is 2.38.